The number of carboxylic acid groups (broad SMARTS) is 1. The number of hydrogen-bond donors (Lipinski definition) is 2. The van der Waals surface area contributed by atoms with E-state index in [9.17, 15) is 9.59 Å². The number of nitrogens with one attached hydrogen (secondary N) is 1. The number of rotatable bonds is 3. The maximum atomic E-state index is 11.2. The van der Waals surface area contributed by atoms with Crippen LogP contribution in [0.5, 0.6) is 0 Å². The highest BCUT2D eigenvalue weighted by atomic mass is 16.4. The van der Waals surface area contributed by atoms with Gasteiger partial charge in [0.15, 0.2) is 5.82 Å². The minimum atomic E-state index is -1.03. The Labute approximate surface area is 114 Å². The van der Waals surface area contributed by atoms with Gasteiger partial charge in [-0.05, 0) is 24.3 Å². The highest BCUT2D eigenvalue weighted by Crippen LogP contribution is 2.20. The summed E-state index contributed by atoms with van der Waals surface area (Å²) in [5.41, 5.74) is 0.908. The van der Waals surface area contributed by atoms with Crippen molar-refractivity contribution in [3.05, 3.63) is 41.6 Å². The lowest BCUT2D eigenvalue weighted by Crippen LogP contribution is -2.12. The summed E-state index contributed by atoms with van der Waals surface area (Å²) in [5, 5.41) is 24.4. The van der Waals surface area contributed by atoms with Crippen LogP contribution in [-0.4, -0.2) is 26.8 Å². The normalized spacial score (nSPS) is 9.80. The van der Waals surface area contributed by atoms with Gasteiger partial charge >= 0.3 is 5.97 Å². The molecule has 7 heteroatoms. The van der Waals surface area contributed by atoms with Crippen molar-refractivity contribution in [2.75, 3.05) is 5.32 Å². The average Bonchev–Trinajstić information content (AvgIpc) is 2.81. The van der Waals surface area contributed by atoms with Crippen molar-refractivity contribution in [2.45, 2.75) is 6.92 Å². The molecule has 7 nitrogen and oxygen atoms in total. The quantitative estimate of drug-likeness (QED) is 0.876. The predicted octanol–water partition coefficient (Wildman–Crippen LogP) is 1.40. The molecule has 2 aromatic rings. The Bertz CT molecular complexity index is 710. The fraction of sp³-hybridized carbons (Fsp3) is 0.0769. The molecule has 0 atom stereocenters. The Morgan fingerprint density at radius 1 is 1.35 bits per heavy atom. The van der Waals surface area contributed by atoms with E-state index in [2.05, 4.69) is 10.4 Å². The first kappa shape index (κ1) is 13.3. The van der Waals surface area contributed by atoms with E-state index < -0.39 is 5.97 Å². The van der Waals surface area contributed by atoms with E-state index in [1.807, 2.05) is 6.07 Å². The van der Waals surface area contributed by atoms with Crippen LogP contribution in [0.15, 0.2) is 30.5 Å². The molecule has 0 spiro atoms. The molecular weight excluding hydrogens is 260 g/mol. The van der Waals surface area contributed by atoms with E-state index in [4.69, 9.17) is 10.4 Å². The minimum Gasteiger partial charge on any atom is -0.478 e. The molecule has 0 aliphatic carbocycles. The topological polar surface area (TPSA) is 108 Å². The molecule has 1 amide bonds. The Morgan fingerprint density at radius 2 is 2.00 bits per heavy atom. The SMILES string of the molecule is CC(=O)Nc1c(C#N)cnn1-c1ccc(C(=O)O)cc1. The summed E-state index contributed by atoms with van der Waals surface area (Å²) in [6.45, 7) is 1.33. The Hall–Kier alpha value is -3.14. The van der Waals surface area contributed by atoms with Crippen LogP contribution in [0, 0.1) is 11.3 Å². The van der Waals surface area contributed by atoms with Gasteiger partial charge in [0, 0.05) is 6.92 Å². The second-order valence-electron chi connectivity index (χ2n) is 3.96. The number of hydrogen-bond acceptors (Lipinski definition) is 4. The van der Waals surface area contributed by atoms with E-state index in [1.165, 1.54) is 29.9 Å². The Balaban J connectivity index is 2.47. The lowest BCUT2D eigenvalue weighted by molar-refractivity contribution is -0.114. The number of amides is 1. The summed E-state index contributed by atoms with van der Waals surface area (Å²) in [4.78, 5) is 22.0. The molecule has 100 valence electrons. The van der Waals surface area contributed by atoms with Crippen molar-refractivity contribution in [1.82, 2.24) is 9.78 Å². The highest BCUT2D eigenvalue weighted by molar-refractivity contribution is 5.90. The van der Waals surface area contributed by atoms with Crippen molar-refractivity contribution in [3.63, 3.8) is 0 Å². The van der Waals surface area contributed by atoms with Crippen LogP contribution in [0.1, 0.15) is 22.8 Å². The number of carbonyl (C=O) groups excluding carboxylic acids is 1. The van der Waals surface area contributed by atoms with Gasteiger partial charge in [-0.15, -0.1) is 0 Å². The first-order valence-corrected chi connectivity index (χ1v) is 5.62. The minimum absolute atomic E-state index is 0.141. The largest absolute Gasteiger partial charge is 0.478 e. The lowest BCUT2D eigenvalue weighted by Gasteiger charge is -2.08. The molecule has 20 heavy (non-hydrogen) atoms. The van der Waals surface area contributed by atoms with Crippen molar-refractivity contribution in [2.24, 2.45) is 0 Å². The molecule has 0 bridgehead atoms. The van der Waals surface area contributed by atoms with Crippen LogP contribution in [0.25, 0.3) is 5.69 Å². The van der Waals surface area contributed by atoms with E-state index >= 15 is 0 Å². The van der Waals surface area contributed by atoms with Crippen LogP contribution in [0.3, 0.4) is 0 Å². The Morgan fingerprint density at radius 3 is 2.50 bits per heavy atom. The Kier molecular flexibility index (Phi) is 3.48. The zero-order valence-electron chi connectivity index (χ0n) is 10.5. The zero-order chi connectivity index (χ0) is 14.7. The second-order valence-corrected chi connectivity index (χ2v) is 3.96. The van der Waals surface area contributed by atoms with Crippen LogP contribution in [-0.2, 0) is 4.79 Å². The number of aromatic nitrogens is 2. The van der Waals surface area contributed by atoms with Crippen molar-refractivity contribution in [1.29, 1.82) is 5.26 Å². The third-order valence-corrected chi connectivity index (χ3v) is 2.54. The van der Waals surface area contributed by atoms with E-state index in [0.29, 0.717) is 5.69 Å². The molecule has 0 radical (unpaired) electrons. The number of carboxylic acids is 1. The molecule has 0 saturated carbocycles. The number of benzene rings is 1. The number of nitrogens with zero attached hydrogens (tertiary/aromatic N) is 3. The summed E-state index contributed by atoms with van der Waals surface area (Å²) in [6, 6.07) is 7.86. The molecule has 0 unspecified atom stereocenters. The first-order chi connectivity index (χ1) is 9.52. The lowest BCUT2D eigenvalue weighted by atomic mass is 10.2. The van der Waals surface area contributed by atoms with Crippen molar-refractivity contribution < 1.29 is 14.7 Å². The zero-order valence-corrected chi connectivity index (χ0v) is 10.5. The highest BCUT2D eigenvalue weighted by Gasteiger charge is 2.13. The molecule has 2 rings (SSSR count). The van der Waals surface area contributed by atoms with Gasteiger partial charge in [0.2, 0.25) is 5.91 Å². The average molecular weight is 270 g/mol. The third-order valence-electron chi connectivity index (χ3n) is 2.54. The van der Waals surface area contributed by atoms with Crippen molar-refractivity contribution >= 4 is 17.7 Å². The number of anilines is 1. The predicted molar refractivity (Wildman–Crippen MR) is 69.5 cm³/mol. The molecule has 0 aliphatic heterocycles. The molecular formula is C13H10N4O3. The van der Waals surface area contributed by atoms with E-state index in [1.54, 1.807) is 12.1 Å². The molecule has 1 aromatic heterocycles. The number of aromatic carboxylic acids is 1. The van der Waals surface area contributed by atoms with Gasteiger partial charge in [-0.2, -0.15) is 10.4 Å². The van der Waals surface area contributed by atoms with Gasteiger partial charge in [0.25, 0.3) is 0 Å². The van der Waals surface area contributed by atoms with Gasteiger partial charge < -0.3 is 10.4 Å². The second kappa shape index (κ2) is 5.24. The molecule has 0 saturated heterocycles. The van der Waals surface area contributed by atoms with E-state index in [-0.39, 0.29) is 22.9 Å². The summed E-state index contributed by atoms with van der Waals surface area (Å²) in [5.74, 6) is -1.11. The summed E-state index contributed by atoms with van der Waals surface area (Å²) >= 11 is 0. The van der Waals surface area contributed by atoms with E-state index in [0.717, 1.165) is 0 Å². The van der Waals surface area contributed by atoms with Crippen LogP contribution in [0.2, 0.25) is 0 Å². The maximum absolute atomic E-state index is 11.2. The summed E-state index contributed by atoms with van der Waals surface area (Å²) in [7, 11) is 0. The van der Waals surface area contributed by atoms with Crippen LogP contribution in [0.4, 0.5) is 5.82 Å². The van der Waals surface area contributed by atoms with Gasteiger partial charge in [-0.25, -0.2) is 9.48 Å². The number of carbonyl (C=O) groups is 2. The third kappa shape index (κ3) is 2.49. The first-order valence-electron chi connectivity index (χ1n) is 5.62. The maximum Gasteiger partial charge on any atom is 0.335 e. The fourth-order valence-electron chi connectivity index (χ4n) is 1.66. The summed E-state index contributed by atoms with van der Waals surface area (Å²) < 4.78 is 1.37. The molecule has 0 aliphatic rings. The van der Waals surface area contributed by atoms with Gasteiger partial charge in [0.05, 0.1) is 17.4 Å². The fourth-order valence-corrected chi connectivity index (χ4v) is 1.66. The standard InChI is InChI=1S/C13H10N4O3/c1-8(18)16-12-10(6-14)7-15-17(12)11-4-2-9(3-5-11)13(19)20/h2-5,7H,1H3,(H,16,18)(H,19,20). The van der Waals surface area contributed by atoms with Gasteiger partial charge in [-0.3, -0.25) is 4.79 Å². The van der Waals surface area contributed by atoms with Gasteiger partial charge in [0.1, 0.15) is 11.6 Å². The summed E-state index contributed by atoms with van der Waals surface area (Å²) in [6.07, 6.45) is 1.33. The van der Waals surface area contributed by atoms with Gasteiger partial charge in [-0.1, -0.05) is 0 Å². The van der Waals surface area contributed by atoms with Crippen LogP contribution < -0.4 is 5.32 Å². The smallest absolute Gasteiger partial charge is 0.335 e. The monoisotopic (exact) mass is 270 g/mol. The van der Waals surface area contributed by atoms with Crippen molar-refractivity contribution in [3.8, 4) is 11.8 Å². The molecule has 0 fully saturated rings. The number of nitriles is 1. The molecule has 1 heterocycles. The van der Waals surface area contributed by atoms with Crippen LogP contribution >= 0.6 is 0 Å². The molecule has 2 N–H and O–H groups in total. The molecule has 1 aromatic carbocycles.